The standard InChI is InChI=1S/C21H21N7O/c1-13-11-22-21(25-20(13)24-19-10-17(26-27-19)15-7-8-15)23-12-16-9-18(28-29-16)14-5-3-2-4-6-14/h2-6,9-11,15H,7-8,12H2,1H3,(H3,22,23,24,25,26,27). The van der Waals surface area contributed by atoms with Crippen molar-refractivity contribution in [3.8, 4) is 11.3 Å². The van der Waals surface area contributed by atoms with E-state index < -0.39 is 0 Å². The van der Waals surface area contributed by atoms with Gasteiger partial charge in [0.2, 0.25) is 5.95 Å². The number of aromatic nitrogens is 5. The number of aromatic amines is 1. The summed E-state index contributed by atoms with van der Waals surface area (Å²) in [6.45, 7) is 2.40. The Morgan fingerprint density at radius 1 is 1.17 bits per heavy atom. The van der Waals surface area contributed by atoms with Gasteiger partial charge in [0.05, 0.1) is 6.54 Å². The molecule has 0 saturated heterocycles. The third kappa shape index (κ3) is 3.96. The quantitative estimate of drug-likeness (QED) is 0.432. The zero-order chi connectivity index (χ0) is 19.6. The van der Waals surface area contributed by atoms with E-state index in [0.29, 0.717) is 24.2 Å². The normalized spacial score (nSPS) is 13.4. The maximum absolute atomic E-state index is 5.42. The van der Waals surface area contributed by atoms with E-state index in [1.807, 2.05) is 49.4 Å². The van der Waals surface area contributed by atoms with Gasteiger partial charge in [-0.2, -0.15) is 10.1 Å². The first-order valence-electron chi connectivity index (χ1n) is 9.65. The zero-order valence-corrected chi connectivity index (χ0v) is 16.0. The summed E-state index contributed by atoms with van der Waals surface area (Å²) in [5, 5.41) is 18.0. The van der Waals surface area contributed by atoms with Gasteiger partial charge in [0.1, 0.15) is 11.5 Å². The van der Waals surface area contributed by atoms with Crippen LogP contribution in [0.5, 0.6) is 0 Å². The fraction of sp³-hybridized carbons (Fsp3) is 0.238. The molecule has 0 aliphatic heterocycles. The van der Waals surface area contributed by atoms with Gasteiger partial charge in [-0.15, -0.1) is 0 Å². The largest absolute Gasteiger partial charge is 0.359 e. The first kappa shape index (κ1) is 17.4. The molecule has 1 aromatic carbocycles. The molecule has 4 aromatic rings. The van der Waals surface area contributed by atoms with Gasteiger partial charge in [-0.25, -0.2) is 4.98 Å². The van der Waals surface area contributed by atoms with Crippen molar-refractivity contribution in [3.63, 3.8) is 0 Å². The van der Waals surface area contributed by atoms with Crippen LogP contribution in [0.2, 0.25) is 0 Å². The van der Waals surface area contributed by atoms with Crippen molar-refractivity contribution >= 4 is 17.6 Å². The lowest BCUT2D eigenvalue weighted by Gasteiger charge is -2.08. The Balaban J connectivity index is 1.25. The van der Waals surface area contributed by atoms with E-state index in [2.05, 4.69) is 36.0 Å². The second-order valence-electron chi connectivity index (χ2n) is 7.23. The molecule has 0 bridgehead atoms. The minimum absolute atomic E-state index is 0.441. The lowest BCUT2D eigenvalue weighted by atomic mass is 10.1. The van der Waals surface area contributed by atoms with Crippen molar-refractivity contribution in [3.05, 3.63) is 65.7 Å². The van der Waals surface area contributed by atoms with E-state index in [0.717, 1.165) is 28.5 Å². The Morgan fingerprint density at radius 3 is 2.86 bits per heavy atom. The Labute approximate surface area is 167 Å². The number of aryl methyl sites for hydroxylation is 1. The topological polar surface area (TPSA) is 105 Å². The Hall–Kier alpha value is -3.68. The summed E-state index contributed by atoms with van der Waals surface area (Å²) < 4.78 is 5.42. The number of anilines is 3. The molecule has 5 rings (SSSR count). The van der Waals surface area contributed by atoms with Crippen LogP contribution in [0.4, 0.5) is 17.6 Å². The van der Waals surface area contributed by atoms with Crippen molar-refractivity contribution in [2.45, 2.75) is 32.2 Å². The molecule has 3 N–H and O–H groups in total. The summed E-state index contributed by atoms with van der Waals surface area (Å²) in [4.78, 5) is 8.92. The summed E-state index contributed by atoms with van der Waals surface area (Å²) >= 11 is 0. The fourth-order valence-electron chi connectivity index (χ4n) is 3.09. The number of hydrogen-bond acceptors (Lipinski definition) is 7. The molecule has 1 aliphatic rings. The highest BCUT2D eigenvalue weighted by Crippen LogP contribution is 2.39. The van der Waals surface area contributed by atoms with Gasteiger partial charge >= 0.3 is 0 Å². The first-order chi connectivity index (χ1) is 14.2. The van der Waals surface area contributed by atoms with Crippen LogP contribution in [0, 0.1) is 6.92 Å². The van der Waals surface area contributed by atoms with Crippen molar-refractivity contribution in [2.75, 3.05) is 10.6 Å². The van der Waals surface area contributed by atoms with Crippen molar-refractivity contribution in [1.29, 1.82) is 0 Å². The molecule has 1 aliphatic carbocycles. The molecule has 29 heavy (non-hydrogen) atoms. The van der Waals surface area contributed by atoms with E-state index in [1.54, 1.807) is 6.20 Å². The molecular formula is C21H21N7O. The lowest BCUT2D eigenvalue weighted by molar-refractivity contribution is 0.390. The zero-order valence-electron chi connectivity index (χ0n) is 16.0. The highest BCUT2D eigenvalue weighted by Gasteiger charge is 2.25. The Bertz CT molecular complexity index is 1120. The molecule has 0 atom stereocenters. The third-order valence-electron chi connectivity index (χ3n) is 4.88. The van der Waals surface area contributed by atoms with Crippen LogP contribution in [0.25, 0.3) is 11.3 Å². The number of rotatable bonds is 7. The average molecular weight is 387 g/mol. The summed E-state index contributed by atoms with van der Waals surface area (Å²) in [6.07, 6.45) is 4.24. The lowest BCUT2D eigenvalue weighted by Crippen LogP contribution is -2.06. The molecule has 0 unspecified atom stereocenters. The van der Waals surface area contributed by atoms with Gasteiger partial charge < -0.3 is 15.2 Å². The molecule has 8 nitrogen and oxygen atoms in total. The monoisotopic (exact) mass is 387 g/mol. The molecule has 0 spiro atoms. The van der Waals surface area contributed by atoms with Crippen LogP contribution >= 0.6 is 0 Å². The van der Waals surface area contributed by atoms with Crippen molar-refractivity contribution < 1.29 is 4.52 Å². The minimum atomic E-state index is 0.441. The molecule has 1 fully saturated rings. The van der Waals surface area contributed by atoms with Gasteiger partial charge in [-0.1, -0.05) is 35.5 Å². The average Bonchev–Trinajstić information content (AvgIpc) is 3.31. The van der Waals surface area contributed by atoms with Crippen molar-refractivity contribution in [1.82, 2.24) is 25.3 Å². The molecule has 3 heterocycles. The van der Waals surface area contributed by atoms with Gasteiger partial charge in [-0.3, -0.25) is 5.10 Å². The van der Waals surface area contributed by atoms with E-state index in [-0.39, 0.29) is 0 Å². The van der Waals surface area contributed by atoms with Gasteiger partial charge in [0.25, 0.3) is 0 Å². The maximum atomic E-state index is 5.42. The molecule has 3 aromatic heterocycles. The summed E-state index contributed by atoms with van der Waals surface area (Å²) in [7, 11) is 0. The van der Waals surface area contributed by atoms with E-state index in [1.165, 1.54) is 18.5 Å². The number of H-pyrrole nitrogens is 1. The van der Waals surface area contributed by atoms with Crippen LogP contribution in [0.1, 0.15) is 35.8 Å². The minimum Gasteiger partial charge on any atom is -0.359 e. The molecular weight excluding hydrogens is 366 g/mol. The van der Waals surface area contributed by atoms with Gasteiger partial charge in [0.15, 0.2) is 11.6 Å². The number of nitrogens with zero attached hydrogens (tertiary/aromatic N) is 4. The number of nitrogens with one attached hydrogen (secondary N) is 3. The van der Waals surface area contributed by atoms with E-state index in [4.69, 9.17) is 4.52 Å². The van der Waals surface area contributed by atoms with Crippen LogP contribution in [0.3, 0.4) is 0 Å². The second-order valence-corrected chi connectivity index (χ2v) is 7.23. The van der Waals surface area contributed by atoms with Crippen LogP contribution in [-0.2, 0) is 6.54 Å². The number of benzene rings is 1. The van der Waals surface area contributed by atoms with Gasteiger partial charge in [0, 0.05) is 41.1 Å². The Morgan fingerprint density at radius 2 is 2.03 bits per heavy atom. The maximum Gasteiger partial charge on any atom is 0.225 e. The predicted molar refractivity (Wildman–Crippen MR) is 110 cm³/mol. The van der Waals surface area contributed by atoms with E-state index in [9.17, 15) is 0 Å². The molecule has 0 amide bonds. The molecule has 1 saturated carbocycles. The molecule has 8 heteroatoms. The van der Waals surface area contributed by atoms with Gasteiger partial charge in [-0.05, 0) is 19.8 Å². The highest BCUT2D eigenvalue weighted by atomic mass is 16.5. The SMILES string of the molecule is Cc1cnc(NCc2cc(-c3ccccc3)no2)nc1Nc1cc(C2CC2)[nH]n1. The Kier molecular flexibility index (Phi) is 4.44. The second kappa shape index (κ2) is 7.38. The predicted octanol–water partition coefficient (Wildman–Crippen LogP) is 4.40. The van der Waals surface area contributed by atoms with Crippen molar-refractivity contribution in [2.24, 2.45) is 0 Å². The number of hydrogen-bond donors (Lipinski definition) is 3. The third-order valence-corrected chi connectivity index (χ3v) is 4.88. The van der Waals surface area contributed by atoms with Crippen LogP contribution in [-0.4, -0.2) is 25.3 Å². The summed E-state index contributed by atoms with van der Waals surface area (Å²) in [6, 6.07) is 13.9. The first-order valence-corrected chi connectivity index (χ1v) is 9.65. The molecule has 146 valence electrons. The summed E-state index contributed by atoms with van der Waals surface area (Å²) in [5.74, 6) is 3.34. The fourth-order valence-corrected chi connectivity index (χ4v) is 3.09. The summed E-state index contributed by atoms with van der Waals surface area (Å²) in [5.41, 5.74) is 3.94. The highest BCUT2D eigenvalue weighted by molar-refractivity contribution is 5.59. The van der Waals surface area contributed by atoms with Crippen LogP contribution in [0.15, 0.2) is 53.2 Å². The van der Waals surface area contributed by atoms with Crippen LogP contribution < -0.4 is 10.6 Å². The molecule has 0 radical (unpaired) electrons. The smallest absolute Gasteiger partial charge is 0.225 e. The van der Waals surface area contributed by atoms with E-state index >= 15 is 0 Å².